The van der Waals surface area contributed by atoms with Gasteiger partial charge < -0.3 is 5.73 Å². The van der Waals surface area contributed by atoms with Crippen molar-refractivity contribution in [3.05, 3.63) is 57.4 Å². The molecule has 2 heterocycles. The number of fused-ring (bicyclic) bond motifs is 1. The summed E-state index contributed by atoms with van der Waals surface area (Å²) in [5, 5.41) is 7.41. The summed E-state index contributed by atoms with van der Waals surface area (Å²) in [7, 11) is 0. The number of nitrogen functional groups attached to an aromatic ring is 1. The Morgan fingerprint density at radius 2 is 1.90 bits per heavy atom. The highest BCUT2D eigenvalue weighted by Crippen LogP contribution is 2.02. The standard InChI is InChI=1S/C13H13N5O2/c14-9-7-15-17(8-9)5-6-18-13(20)11-4-2-1-3-10(11)12(19)16-18/h1-4,7-8H,5-6,14H2,(H,16,19). The molecule has 0 bridgehead atoms. The zero-order chi connectivity index (χ0) is 14.1. The third-order valence-corrected chi connectivity index (χ3v) is 3.09. The summed E-state index contributed by atoms with van der Waals surface area (Å²) < 4.78 is 2.91. The number of anilines is 1. The highest BCUT2D eigenvalue weighted by atomic mass is 16.2. The zero-order valence-electron chi connectivity index (χ0n) is 10.6. The molecule has 0 amide bonds. The fraction of sp³-hybridized carbons (Fsp3) is 0.154. The van der Waals surface area contributed by atoms with E-state index in [9.17, 15) is 9.59 Å². The van der Waals surface area contributed by atoms with Gasteiger partial charge in [0, 0.05) is 6.20 Å². The molecule has 0 spiro atoms. The summed E-state index contributed by atoms with van der Waals surface area (Å²) in [4.78, 5) is 24.2. The molecule has 0 aliphatic carbocycles. The van der Waals surface area contributed by atoms with Gasteiger partial charge in [-0.25, -0.2) is 4.68 Å². The topological polar surface area (TPSA) is 98.7 Å². The van der Waals surface area contributed by atoms with Crippen molar-refractivity contribution in [2.45, 2.75) is 13.1 Å². The normalized spacial score (nSPS) is 11.0. The van der Waals surface area contributed by atoms with E-state index in [2.05, 4.69) is 10.2 Å². The van der Waals surface area contributed by atoms with Crippen molar-refractivity contribution >= 4 is 16.5 Å². The summed E-state index contributed by atoms with van der Waals surface area (Å²) in [5.41, 5.74) is 5.63. The molecule has 3 rings (SSSR count). The van der Waals surface area contributed by atoms with Crippen LogP contribution in [0.1, 0.15) is 0 Å². The summed E-state index contributed by atoms with van der Waals surface area (Å²) in [6.07, 6.45) is 3.20. The van der Waals surface area contributed by atoms with Crippen LogP contribution in [-0.4, -0.2) is 19.6 Å². The smallest absolute Gasteiger partial charge is 0.273 e. The largest absolute Gasteiger partial charge is 0.396 e. The van der Waals surface area contributed by atoms with Crippen LogP contribution < -0.4 is 16.9 Å². The van der Waals surface area contributed by atoms with Crippen molar-refractivity contribution in [3.8, 4) is 0 Å². The van der Waals surface area contributed by atoms with Gasteiger partial charge in [0.05, 0.1) is 35.7 Å². The van der Waals surface area contributed by atoms with Crippen molar-refractivity contribution in [3.63, 3.8) is 0 Å². The van der Waals surface area contributed by atoms with E-state index in [0.29, 0.717) is 29.5 Å². The second kappa shape index (κ2) is 4.69. The van der Waals surface area contributed by atoms with E-state index >= 15 is 0 Å². The highest BCUT2D eigenvalue weighted by molar-refractivity contribution is 5.80. The van der Waals surface area contributed by atoms with Gasteiger partial charge in [0.1, 0.15) is 0 Å². The van der Waals surface area contributed by atoms with Gasteiger partial charge >= 0.3 is 0 Å². The lowest BCUT2D eigenvalue weighted by molar-refractivity contribution is 0.482. The predicted molar refractivity (Wildman–Crippen MR) is 75.5 cm³/mol. The van der Waals surface area contributed by atoms with Crippen LogP contribution in [0.15, 0.2) is 46.2 Å². The van der Waals surface area contributed by atoms with Crippen molar-refractivity contribution in [2.75, 3.05) is 5.73 Å². The van der Waals surface area contributed by atoms with Crippen molar-refractivity contribution in [2.24, 2.45) is 0 Å². The summed E-state index contributed by atoms with van der Waals surface area (Å²) in [6, 6.07) is 6.75. The minimum Gasteiger partial charge on any atom is -0.396 e. The number of hydrogen-bond donors (Lipinski definition) is 2. The average Bonchev–Trinajstić information content (AvgIpc) is 2.87. The maximum Gasteiger partial charge on any atom is 0.273 e. The van der Waals surface area contributed by atoms with Gasteiger partial charge in [-0.05, 0) is 12.1 Å². The van der Waals surface area contributed by atoms with Crippen molar-refractivity contribution in [1.82, 2.24) is 19.6 Å². The first kappa shape index (κ1) is 12.2. The third-order valence-electron chi connectivity index (χ3n) is 3.09. The monoisotopic (exact) mass is 271 g/mol. The van der Waals surface area contributed by atoms with E-state index < -0.39 is 0 Å². The van der Waals surface area contributed by atoms with Gasteiger partial charge in [0.15, 0.2) is 0 Å². The van der Waals surface area contributed by atoms with E-state index in [1.54, 1.807) is 35.1 Å². The minimum absolute atomic E-state index is 0.222. The number of nitrogens with zero attached hydrogens (tertiary/aromatic N) is 3. The Morgan fingerprint density at radius 1 is 1.15 bits per heavy atom. The molecule has 0 aliphatic heterocycles. The van der Waals surface area contributed by atoms with Crippen molar-refractivity contribution in [1.29, 1.82) is 0 Å². The Labute approximate surface area is 113 Å². The molecule has 3 N–H and O–H groups in total. The number of aromatic amines is 1. The van der Waals surface area contributed by atoms with E-state index in [4.69, 9.17) is 5.73 Å². The third kappa shape index (κ3) is 2.09. The average molecular weight is 271 g/mol. The molecule has 0 atom stereocenters. The minimum atomic E-state index is -0.278. The van der Waals surface area contributed by atoms with Crippen LogP contribution >= 0.6 is 0 Å². The molecule has 2 aromatic heterocycles. The molecule has 0 fully saturated rings. The number of rotatable bonds is 3. The van der Waals surface area contributed by atoms with Crippen molar-refractivity contribution < 1.29 is 0 Å². The summed E-state index contributed by atoms with van der Waals surface area (Å²) in [5.74, 6) is 0. The molecule has 0 radical (unpaired) electrons. The first-order chi connectivity index (χ1) is 9.65. The van der Waals surface area contributed by atoms with Gasteiger partial charge in [-0.3, -0.25) is 19.4 Å². The second-order valence-corrected chi connectivity index (χ2v) is 4.48. The van der Waals surface area contributed by atoms with Crippen LogP contribution in [0.2, 0.25) is 0 Å². The van der Waals surface area contributed by atoms with Crippen LogP contribution in [-0.2, 0) is 13.1 Å². The summed E-state index contributed by atoms with van der Waals surface area (Å²) in [6.45, 7) is 0.769. The Bertz CT molecular complexity index is 874. The van der Waals surface area contributed by atoms with Gasteiger partial charge in [0.25, 0.3) is 11.1 Å². The fourth-order valence-electron chi connectivity index (χ4n) is 2.11. The Kier molecular flexibility index (Phi) is 2.86. The first-order valence-corrected chi connectivity index (χ1v) is 6.15. The molecule has 3 aromatic rings. The number of hydrogen-bond acceptors (Lipinski definition) is 4. The van der Waals surface area contributed by atoms with Crippen LogP contribution in [0.25, 0.3) is 10.8 Å². The molecule has 7 nitrogen and oxygen atoms in total. The number of aryl methyl sites for hydroxylation is 2. The maximum absolute atomic E-state index is 12.2. The number of aromatic nitrogens is 4. The van der Waals surface area contributed by atoms with E-state index in [-0.39, 0.29) is 11.1 Å². The van der Waals surface area contributed by atoms with E-state index in [0.717, 1.165) is 0 Å². The predicted octanol–water partition coefficient (Wildman–Crippen LogP) is 0.169. The van der Waals surface area contributed by atoms with Crippen LogP contribution in [0.3, 0.4) is 0 Å². The number of H-pyrrole nitrogens is 1. The molecule has 0 saturated heterocycles. The Balaban J connectivity index is 1.98. The molecule has 102 valence electrons. The van der Waals surface area contributed by atoms with Gasteiger partial charge in [0.2, 0.25) is 0 Å². The number of nitrogens with two attached hydrogens (primary N) is 1. The van der Waals surface area contributed by atoms with Gasteiger partial charge in [-0.1, -0.05) is 12.1 Å². The van der Waals surface area contributed by atoms with E-state index in [1.165, 1.54) is 10.9 Å². The van der Waals surface area contributed by atoms with E-state index in [1.807, 2.05) is 0 Å². The lowest BCUT2D eigenvalue weighted by Crippen LogP contribution is -2.31. The molecular formula is C13H13N5O2. The highest BCUT2D eigenvalue weighted by Gasteiger charge is 2.06. The second-order valence-electron chi connectivity index (χ2n) is 4.48. The van der Waals surface area contributed by atoms with Gasteiger partial charge in [-0.2, -0.15) is 5.10 Å². The van der Waals surface area contributed by atoms with Gasteiger partial charge in [-0.15, -0.1) is 0 Å². The Morgan fingerprint density at radius 3 is 2.60 bits per heavy atom. The lowest BCUT2D eigenvalue weighted by Gasteiger charge is -2.07. The van der Waals surface area contributed by atoms with Crippen LogP contribution in [0, 0.1) is 0 Å². The first-order valence-electron chi connectivity index (χ1n) is 6.15. The number of benzene rings is 1. The molecule has 7 heteroatoms. The number of nitrogens with one attached hydrogen (secondary N) is 1. The molecule has 0 saturated carbocycles. The summed E-state index contributed by atoms with van der Waals surface area (Å²) >= 11 is 0. The maximum atomic E-state index is 12.2. The van der Waals surface area contributed by atoms with Crippen LogP contribution in [0.5, 0.6) is 0 Å². The zero-order valence-corrected chi connectivity index (χ0v) is 10.6. The molecular weight excluding hydrogens is 258 g/mol. The Hall–Kier alpha value is -2.83. The SMILES string of the molecule is Nc1cnn(CCn2[nH]c(=O)c3ccccc3c2=O)c1. The molecule has 20 heavy (non-hydrogen) atoms. The quantitative estimate of drug-likeness (QED) is 0.709. The molecule has 1 aromatic carbocycles. The fourth-order valence-corrected chi connectivity index (χ4v) is 2.11. The molecule has 0 unspecified atom stereocenters. The molecule has 0 aliphatic rings. The van der Waals surface area contributed by atoms with Crippen LogP contribution in [0.4, 0.5) is 5.69 Å². The lowest BCUT2D eigenvalue weighted by atomic mass is 10.2.